The molecule has 8 aromatic carbocycles. The Balaban J connectivity index is 1.06. The van der Waals surface area contributed by atoms with Crippen molar-refractivity contribution >= 4 is 16.3 Å². The topological polar surface area (TPSA) is 43.1 Å². The predicted octanol–water partition coefficient (Wildman–Crippen LogP) is 14.6. The fourth-order valence-corrected chi connectivity index (χ4v) is 8.45. The number of aromatic nitrogens is 4. The van der Waals surface area contributed by atoms with Gasteiger partial charge in [-0.1, -0.05) is 218 Å². The first-order valence-electron chi connectivity index (χ1n) is 20.6. The number of fused-ring (bicyclic) bond motifs is 3. The third kappa shape index (κ3) is 6.76. The van der Waals surface area contributed by atoms with Crippen LogP contribution < -0.4 is 0 Å². The van der Waals surface area contributed by atoms with Crippen LogP contribution in [0.5, 0.6) is 0 Å². The van der Waals surface area contributed by atoms with E-state index in [9.17, 15) is 0 Å². The quantitative estimate of drug-likeness (QED) is 0.154. The van der Waals surface area contributed by atoms with Crippen LogP contribution in [0.3, 0.4) is 0 Å². The average molecular weight is 779 g/mol. The van der Waals surface area contributed by atoms with Gasteiger partial charge in [-0.2, -0.15) is 5.10 Å². The van der Waals surface area contributed by atoms with Crippen molar-refractivity contribution in [1.82, 2.24) is 19.6 Å². The summed E-state index contributed by atoms with van der Waals surface area (Å²) >= 11 is 0. The van der Waals surface area contributed by atoms with Crippen molar-refractivity contribution in [1.29, 1.82) is 0 Å². The van der Waals surface area contributed by atoms with Crippen LogP contribution in [0.2, 0.25) is 0 Å². The van der Waals surface area contributed by atoms with Gasteiger partial charge < -0.3 is 0 Å². The maximum Gasteiger partial charge on any atom is 0.160 e. The Kier molecular flexibility index (Phi) is 9.14. The van der Waals surface area contributed by atoms with Crippen LogP contribution in [0, 0.1) is 0 Å². The molecule has 0 bridgehead atoms. The van der Waals surface area contributed by atoms with Gasteiger partial charge in [0.25, 0.3) is 0 Å². The van der Waals surface area contributed by atoms with Gasteiger partial charge in [-0.15, -0.1) is 0 Å². The lowest BCUT2D eigenvalue weighted by Crippen LogP contribution is -1.97. The molecule has 0 aliphatic rings. The van der Waals surface area contributed by atoms with Crippen molar-refractivity contribution in [3.63, 3.8) is 0 Å². The summed E-state index contributed by atoms with van der Waals surface area (Å²) in [5.41, 5.74) is 16.9. The summed E-state index contributed by atoms with van der Waals surface area (Å²) in [4.78, 5) is 10.3. The number of pyridine rings is 1. The van der Waals surface area contributed by atoms with E-state index in [-0.39, 0.29) is 0 Å². The maximum atomic E-state index is 5.41. The summed E-state index contributed by atoms with van der Waals surface area (Å²) < 4.78 is 2.15. The summed E-state index contributed by atoms with van der Waals surface area (Å²) in [6.07, 6.45) is 0. The molecule has 0 aliphatic heterocycles. The third-order valence-electron chi connectivity index (χ3n) is 11.5. The second kappa shape index (κ2) is 15.5. The normalized spacial score (nSPS) is 11.3. The summed E-state index contributed by atoms with van der Waals surface area (Å²) in [5.74, 6) is 0.682. The first kappa shape index (κ1) is 35.9. The lowest BCUT2D eigenvalue weighted by molar-refractivity contribution is 0.979. The largest absolute Gasteiger partial charge is 0.231 e. The molecular weight excluding hydrogens is 741 g/mol. The third-order valence-corrected chi connectivity index (χ3v) is 11.5. The van der Waals surface area contributed by atoms with Crippen molar-refractivity contribution < 1.29 is 0 Å². The van der Waals surface area contributed by atoms with E-state index in [1.807, 2.05) is 12.1 Å². The smallest absolute Gasteiger partial charge is 0.160 e. The molecule has 0 amide bonds. The molecule has 4 nitrogen and oxygen atoms in total. The molecular formula is C57H38N4. The Hall–Kier alpha value is -8.21. The van der Waals surface area contributed by atoms with E-state index in [4.69, 9.17) is 15.1 Å². The van der Waals surface area contributed by atoms with E-state index in [2.05, 4.69) is 223 Å². The van der Waals surface area contributed by atoms with Crippen molar-refractivity contribution in [2.75, 3.05) is 0 Å². The second-order valence-electron chi connectivity index (χ2n) is 15.2. The second-order valence-corrected chi connectivity index (χ2v) is 15.2. The minimum atomic E-state index is 0.682. The van der Waals surface area contributed by atoms with E-state index in [1.165, 1.54) is 11.1 Å². The lowest BCUT2D eigenvalue weighted by atomic mass is 9.93. The van der Waals surface area contributed by atoms with Crippen LogP contribution in [0.25, 0.3) is 106 Å². The standard InChI is InChI=1S/C57H38N4/c1-6-17-39(18-7-1)40-29-33-43(34-30-40)52-38-51(42-19-8-2-9-20-42)58-57(59-52)47-35-31-41(32-36-47)48-27-16-28-49-50(48)37-53(44-21-10-3-11-22-44)61-56(49)54(45-23-12-4-13-24-45)55(60-61)46-25-14-5-15-26-46/h1-38H. The zero-order valence-electron chi connectivity index (χ0n) is 33.2. The molecule has 3 aromatic heterocycles. The van der Waals surface area contributed by atoms with E-state index in [0.717, 1.165) is 89.1 Å². The van der Waals surface area contributed by atoms with Gasteiger partial charge in [0.15, 0.2) is 5.82 Å². The van der Waals surface area contributed by atoms with Crippen molar-refractivity contribution in [2.24, 2.45) is 0 Å². The highest BCUT2D eigenvalue weighted by Gasteiger charge is 2.22. The molecule has 0 saturated heterocycles. The lowest BCUT2D eigenvalue weighted by Gasteiger charge is -2.14. The summed E-state index contributed by atoms with van der Waals surface area (Å²) in [7, 11) is 0. The zero-order chi connectivity index (χ0) is 40.5. The average Bonchev–Trinajstić information content (AvgIpc) is 3.76. The van der Waals surface area contributed by atoms with Gasteiger partial charge in [0.1, 0.15) is 5.69 Å². The number of rotatable bonds is 8. The van der Waals surface area contributed by atoms with E-state index >= 15 is 0 Å². The van der Waals surface area contributed by atoms with Gasteiger partial charge in [0, 0.05) is 38.8 Å². The Morgan fingerprint density at radius 3 is 1.38 bits per heavy atom. The van der Waals surface area contributed by atoms with Crippen molar-refractivity contribution in [2.45, 2.75) is 0 Å². The van der Waals surface area contributed by atoms with Crippen LogP contribution in [0.4, 0.5) is 0 Å². The molecule has 61 heavy (non-hydrogen) atoms. The van der Waals surface area contributed by atoms with Crippen LogP contribution in [0.1, 0.15) is 0 Å². The molecule has 0 N–H and O–H groups in total. The number of hydrogen-bond acceptors (Lipinski definition) is 3. The first-order chi connectivity index (χ1) is 30.2. The van der Waals surface area contributed by atoms with Gasteiger partial charge >= 0.3 is 0 Å². The van der Waals surface area contributed by atoms with Crippen molar-refractivity contribution in [3.05, 3.63) is 231 Å². The Morgan fingerprint density at radius 1 is 0.311 bits per heavy atom. The van der Waals surface area contributed by atoms with Crippen LogP contribution in [-0.4, -0.2) is 19.6 Å². The van der Waals surface area contributed by atoms with Crippen LogP contribution >= 0.6 is 0 Å². The number of hydrogen-bond donors (Lipinski definition) is 0. The molecule has 11 aromatic rings. The van der Waals surface area contributed by atoms with Crippen molar-refractivity contribution in [3.8, 4) is 89.8 Å². The predicted molar refractivity (Wildman–Crippen MR) is 252 cm³/mol. The van der Waals surface area contributed by atoms with E-state index in [1.54, 1.807) is 0 Å². The maximum absolute atomic E-state index is 5.41. The summed E-state index contributed by atoms with van der Waals surface area (Å²) in [6, 6.07) is 80.9. The highest BCUT2D eigenvalue weighted by Crippen LogP contribution is 2.43. The zero-order valence-corrected chi connectivity index (χ0v) is 33.2. The van der Waals surface area contributed by atoms with E-state index < -0.39 is 0 Å². The van der Waals surface area contributed by atoms with Gasteiger partial charge in [0.2, 0.25) is 0 Å². The van der Waals surface area contributed by atoms with Gasteiger partial charge in [-0.25, -0.2) is 14.5 Å². The van der Waals surface area contributed by atoms with Crippen LogP contribution in [-0.2, 0) is 0 Å². The minimum absolute atomic E-state index is 0.682. The highest BCUT2D eigenvalue weighted by atomic mass is 15.2. The molecule has 0 unspecified atom stereocenters. The van der Waals surface area contributed by atoms with Gasteiger partial charge in [0.05, 0.1) is 22.6 Å². The summed E-state index contributed by atoms with van der Waals surface area (Å²) in [6.45, 7) is 0. The molecule has 0 radical (unpaired) electrons. The fourth-order valence-electron chi connectivity index (χ4n) is 8.45. The Morgan fingerprint density at radius 2 is 0.770 bits per heavy atom. The minimum Gasteiger partial charge on any atom is -0.231 e. The monoisotopic (exact) mass is 778 g/mol. The number of nitrogens with zero attached hydrogens (tertiary/aromatic N) is 4. The van der Waals surface area contributed by atoms with Crippen LogP contribution in [0.15, 0.2) is 231 Å². The van der Waals surface area contributed by atoms with Gasteiger partial charge in [-0.3, -0.25) is 0 Å². The molecule has 286 valence electrons. The Labute approximate surface area is 354 Å². The summed E-state index contributed by atoms with van der Waals surface area (Å²) in [5, 5.41) is 7.70. The Bertz CT molecular complexity index is 3290. The molecule has 0 spiro atoms. The molecule has 3 heterocycles. The molecule has 0 atom stereocenters. The molecule has 11 rings (SSSR count). The highest BCUT2D eigenvalue weighted by molar-refractivity contribution is 6.12. The fraction of sp³-hybridized carbons (Fsp3) is 0. The van der Waals surface area contributed by atoms with E-state index in [0.29, 0.717) is 5.82 Å². The van der Waals surface area contributed by atoms with Gasteiger partial charge in [-0.05, 0) is 45.3 Å². The molecule has 0 saturated carbocycles. The SMILES string of the molecule is c1ccc(-c2ccc(-c3cc(-c4ccccc4)nc(-c4ccc(-c5cccc6c5cc(-c5ccccc5)n5nc(-c7ccccc7)c(-c7ccccc7)c65)cc4)n3)cc2)cc1. The molecule has 4 heteroatoms. The molecule has 0 aliphatic carbocycles. The first-order valence-corrected chi connectivity index (χ1v) is 20.6. The molecule has 0 fully saturated rings. The number of benzene rings is 8.